The van der Waals surface area contributed by atoms with Crippen LogP contribution in [0.3, 0.4) is 0 Å². The number of nitrogens with one attached hydrogen (secondary N) is 2. The van der Waals surface area contributed by atoms with Crippen molar-refractivity contribution >= 4 is 33.4 Å². The molecule has 156 valence electrons. The normalized spacial score (nSPS) is 21.0. The zero-order chi connectivity index (χ0) is 21.3. The molecule has 2 N–H and O–H groups in total. The van der Waals surface area contributed by atoms with E-state index in [1.165, 1.54) is 0 Å². The van der Waals surface area contributed by atoms with E-state index < -0.39 is 11.0 Å². The number of aromatic nitrogens is 3. The smallest absolute Gasteiger partial charge is 0.261 e. The molecule has 4 heterocycles. The number of anilines is 2. The van der Waals surface area contributed by atoms with Crippen molar-refractivity contribution in [3.63, 3.8) is 0 Å². The van der Waals surface area contributed by atoms with Crippen molar-refractivity contribution < 1.29 is 8.95 Å². The third-order valence-electron chi connectivity index (χ3n) is 5.30. The second kappa shape index (κ2) is 8.39. The van der Waals surface area contributed by atoms with Gasteiger partial charge in [-0.1, -0.05) is 0 Å². The molecule has 0 radical (unpaired) electrons. The lowest BCUT2D eigenvalue weighted by atomic mass is 10.1. The molecule has 2 aromatic heterocycles. The van der Waals surface area contributed by atoms with Crippen molar-refractivity contribution in [3.05, 3.63) is 46.4 Å². The van der Waals surface area contributed by atoms with E-state index in [-0.39, 0.29) is 11.6 Å². The van der Waals surface area contributed by atoms with Crippen LogP contribution in [0.25, 0.3) is 10.9 Å². The van der Waals surface area contributed by atoms with Gasteiger partial charge in [-0.3, -0.25) is 9.48 Å². The number of benzene rings is 1. The molecule has 0 bridgehead atoms. The highest BCUT2D eigenvalue weighted by molar-refractivity contribution is 7.83. The first-order valence-electron chi connectivity index (χ1n) is 9.58. The number of H-pyrrole nitrogens is 1. The van der Waals surface area contributed by atoms with Gasteiger partial charge < -0.3 is 15.0 Å². The van der Waals surface area contributed by atoms with Gasteiger partial charge in [-0.15, -0.1) is 0 Å². The summed E-state index contributed by atoms with van der Waals surface area (Å²) in [6, 6.07) is 7.72. The number of ether oxygens (including phenoxy) is 1. The van der Waals surface area contributed by atoms with Crippen LogP contribution in [0.2, 0.25) is 0 Å². The minimum atomic E-state index is -1.11. The van der Waals surface area contributed by atoms with Crippen LogP contribution < -0.4 is 10.9 Å². The SMILES string of the molecule is C#N.CN1Cc2cc(Nc3nn(C4CCCOC4)c4cc[nH]c(=O)c34)ccc2S1=O. The first-order valence-corrected chi connectivity index (χ1v) is 10.7. The summed E-state index contributed by atoms with van der Waals surface area (Å²) in [6.07, 6.45) is 3.60. The van der Waals surface area contributed by atoms with Crippen molar-refractivity contribution in [2.75, 3.05) is 25.6 Å². The zero-order valence-corrected chi connectivity index (χ0v) is 17.3. The molecule has 5 rings (SSSR count). The van der Waals surface area contributed by atoms with Crippen LogP contribution in [0.5, 0.6) is 0 Å². The minimum absolute atomic E-state index is 0.115. The fourth-order valence-electron chi connectivity index (χ4n) is 3.94. The molecule has 30 heavy (non-hydrogen) atoms. The van der Waals surface area contributed by atoms with Gasteiger partial charge in [0.15, 0.2) is 5.82 Å². The van der Waals surface area contributed by atoms with Crippen LogP contribution in [0.4, 0.5) is 11.5 Å². The second-order valence-electron chi connectivity index (χ2n) is 7.21. The summed E-state index contributed by atoms with van der Waals surface area (Å²) >= 11 is 0. The van der Waals surface area contributed by atoms with Gasteiger partial charge in [0.05, 0.1) is 23.1 Å². The number of nitriles is 1. The molecule has 1 fully saturated rings. The van der Waals surface area contributed by atoms with Crippen molar-refractivity contribution in [1.82, 2.24) is 19.1 Å². The highest BCUT2D eigenvalue weighted by atomic mass is 32.2. The van der Waals surface area contributed by atoms with Gasteiger partial charge in [-0.2, -0.15) is 5.10 Å². The number of aromatic amines is 1. The van der Waals surface area contributed by atoms with Crippen LogP contribution >= 0.6 is 0 Å². The Bertz CT molecular complexity index is 1180. The Morgan fingerprint density at radius 1 is 1.37 bits per heavy atom. The predicted molar refractivity (Wildman–Crippen MR) is 114 cm³/mol. The number of hydrogen-bond acceptors (Lipinski definition) is 6. The molecular formula is C20H22N6O3S. The van der Waals surface area contributed by atoms with E-state index >= 15 is 0 Å². The molecule has 1 saturated heterocycles. The maximum absolute atomic E-state index is 12.5. The standard InChI is InChI=1S/C19H21N5O3S.CHN/c1-23-10-12-9-13(4-5-16(12)28(23)26)21-18-17-15(6-7-20-19(17)25)24(22-18)14-3-2-8-27-11-14;1-2/h4-7,9,14H,2-3,8,10-11H2,1H3,(H,20,25)(H,21,22);1H. The first-order chi connectivity index (χ1) is 14.6. The lowest BCUT2D eigenvalue weighted by molar-refractivity contribution is 0.0566. The number of rotatable bonds is 3. The Labute approximate surface area is 175 Å². The molecular weight excluding hydrogens is 404 g/mol. The maximum atomic E-state index is 12.5. The van der Waals surface area contributed by atoms with Crippen LogP contribution in [0.15, 0.2) is 40.2 Å². The summed E-state index contributed by atoms with van der Waals surface area (Å²) in [4.78, 5) is 16.1. The Morgan fingerprint density at radius 3 is 2.97 bits per heavy atom. The Kier molecular flexibility index (Phi) is 5.67. The third-order valence-corrected chi connectivity index (χ3v) is 6.77. The predicted octanol–water partition coefficient (Wildman–Crippen LogP) is 2.43. The highest BCUT2D eigenvalue weighted by Gasteiger charge is 2.25. The summed E-state index contributed by atoms with van der Waals surface area (Å²) < 4.78 is 21.5. The molecule has 2 unspecified atom stereocenters. The van der Waals surface area contributed by atoms with Gasteiger partial charge in [0.2, 0.25) is 0 Å². The Balaban J connectivity index is 0.00000106. The lowest BCUT2D eigenvalue weighted by Gasteiger charge is -2.23. The monoisotopic (exact) mass is 426 g/mol. The minimum Gasteiger partial charge on any atom is -0.379 e. The largest absolute Gasteiger partial charge is 0.379 e. The molecule has 1 aromatic carbocycles. The van der Waals surface area contributed by atoms with Crippen LogP contribution in [0, 0.1) is 11.8 Å². The van der Waals surface area contributed by atoms with Crippen molar-refractivity contribution in [2.24, 2.45) is 0 Å². The molecule has 0 aliphatic carbocycles. The topological polar surface area (TPSA) is 116 Å². The van der Waals surface area contributed by atoms with Crippen molar-refractivity contribution in [3.8, 4) is 6.57 Å². The summed E-state index contributed by atoms with van der Waals surface area (Å²) in [5, 5.41) is 15.1. The van der Waals surface area contributed by atoms with Crippen LogP contribution in [-0.4, -0.2) is 43.5 Å². The number of fused-ring (bicyclic) bond motifs is 2. The Hall–Kier alpha value is -3.00. The second-order valence-corrected chi connectivity index (χ2v) is 8.78. The highest BCUT2D eigenvalue weighted by Crippen LogP contribution is 2.32. The number of pyridine rings is 1. The first kappa shape index (κ1) is 20.3. The van der Waals surface area contributed by atoms with Crippen molar-refractivity contribution in [2.45, 2.75) is 30.3 Å². The van der Waals surface area contributed by atoms with Gasteiger partial charge in [0.25, 0.3) is 5.56 Å². The van der Waals surface area contributed by atoms with Crippen LogP contribution in [-0.2, 0) is 22.3 Å². The fourth-order valence-corrected chi connectivity index (χ4v) is 5.06. The van der Waals surface area contributed by atoms with E-state index in [0.717, 1.165) is 41.1 Å². The van der Waals surface area contributed by atoms with E-state index in [9.17, 15) is 9.00 Å². The average Bonchev–Trinajstić information content (AvgIpc) is 3.28. The van der Waals surface area contributed by atoms with E-state index in [4.69, 9.17) is 15.1 Å². The summed E-state index contributed by atoms with van der Waals surface area (Å²) in [7, 11) is 0.732. The zero-order valence-electron chi connectivity index (χ0n) is 16.5. The molecule has 2 atom stereocenters. The molecule has 0 saturated carbocycles. The maximum Gasteiger partial charge on any atom is 0.261 e. The van der Waals surface area contributed by atoms with Gasteiger partial charge >= 0.3 is 0 Å². The van der Waals surface area contributed by atoms with E-state index in [1.54, 1.807) is 10.5 Å². The molecule has 0 amide bonds. The molecule has 3 aromatic rings. The van der Waals surface area contributed by atoms with Crippen molar-refractivity contribution in [1.29, 1.82) is 5.26 Å². The molecule has 2 aliphatic heterocycles. The molecule has 2 aliphatic rings. The van der Waals surface area contributed by atoms with E-state index in [2.05, 4.69) is 16.9 Å². The average molecular weight is 427 g/mol. The number of hydrogen-bond donors (Lipinski definition) is 2. The summed E-state index contributed by atoms with van der Waals surface area (Å²) in [5.74, 6) is 0.523. The lowest BCUT2D eigenvalue weighted by Crippen LogP contribution is -2.22. The molecule has 0 spiro atoms. The van der Waals surface area contributed by atoms with Gasteiger partial charge in [-0.25, -0.2) is 13.8 Å². The Morgan fingerprint density at radius 2 is 2.20 bits per heavy atom. The molecule has 9 nitrogen and oxygen atoms in total. The fraction of sp³-hybridized carbons (Fsp3) is 0.350. The van der Waals surface area contributed by atoms with E-state index in [0.29, 0.717) is 24.4 Å². The van der Waals surface area contributed by atoms with Gasteiger partial charge in [0, 0.05) is 38.7 Å². The summed E-state index contributed by atoms with van der Waals surface area (Å²) in [6.45, 7) is 5.50. The van der Waals surface area contributed by atoms with Gasteiger partial charge in [0.1, 0.15) is 16.4 Å². The van der Waals surface area contributed by atoms with Crippen LogP contribution in [0.1, 0.15) is 24.4 Å². The number of nitrogens with zero attached hydrogens (tertiary/aromatic N) is 4. The molecule has 10 heteroatoms. The summed E-state index contributed by atoms with van der Waals surface area (Å²) in [5.41, 5.74) is 2.46. The van der Waals surface area contributed by atoms with Gasteiger partial charge in [-0.05, 0) is 42.7 Å². The third kappa shape index (κ3) is 3.52. The quantitative estimate of drug-likeness (QED) is 0.664. The van der Waals surface area contributed by atoms with E-state index in [1.807, 2.05) is 36.0 Å².